The first-order valence-corrected chi connectivity index (χ1v) is 6.38. The molecule has 9 heteroatoms. The number of aromatic nitrogens is 2. The van der Waals surface area contributed by atoms with Gasteiger partial charge in [-0.25, -0.2) is 9.59 Å². The molecule has 0 bridgehead atoms. The van der Waals surface area contributed by atoms with Crippen LogP contribution in [-0.2, 0) is 19.1 Å². The Kier molecular flexibility index (Phi) is 6.47. The predicted octanol–water partition coefficient (Wildman–Crippen LogP) is 0.816. The lowest BCUT2D eigenvalue weighted by Crippen LogP contribution is -2.07. The average molecular weight is 314 g/mol. The number of hydrogen-bond donors (Lipinski definition) is 0. The molecule has 0 spiro atoms. The van der Waals surface area contributed by atoms with E-state index in [4.69, 9.17) is 9.47 Å². The summed E-state index contributed by atoms with van der Waals surface area (Å²) in [6, 6.07) is 1.48. The Morgan fingerprint density at radius 1 is 1.05 bits per heavy atom. The van der Waals surface area contributed by atoms with Gasteiger partial charge in [0, 0.05) is 6.08 Å². The maximum atomic E-state index is 11.6. The Morgan fingerprint density at radius 2 is 1.62 bits per heavy atom. The largest absolute Gasteiger partial charge is 0.481 e. The van der Waals surface area contributed by atoms with Crippen LogP contribution < -0.4 is 9.47 Å². The summed E-state index contributed by atoms with van der Waals surface area (Å²) in [5.74, 6) is -0.896. The van der Waals surface area contributed by atoms with Crippen molar-refractivity contribution in [1.29, 1.82) is 0 Å². The van der Waals surface area contributed by atoms with Gasteiger partial charge in [0.15, 0.2) is 5.16 Å². The zero-order valence-corrected chi connectivity index (χ0v) is 12.7. The van der Waals surface area contributed by atoms with E-state index >= 15 is 0 Å². The number of thioether (sulfide) groups is 1. The van der Waals surface area contributed by atoms with Crippen LogP contribution in [0.15, 0.2) is 22.2 Å². The minimum atomic E-state index is -0.712. The highest BCUT2D eigenvalue weighted by atomic mass is 32.2. The van der Waals surface area contributed by atoms with Crippen molar-refractivity contribution < 1.29 is 28.5 Å². The van der Waals surface area contributed by atoms with Gasteiger partial charge in [0.1, 0.15) is 4.91 Å². The lowest BCUT2D eigenvalue weighted by molar-refractivity contribution is -0.137. The minimum absolute atomic E-state index is 0.0281. The molecule has 0 atom stereocenters. The number of carbonyl (C=O) groups excluding carboxylic acids is 2. The van der Waals surface area contributed by atoms with Crippen molar-refractivity contribution in [3.05, 3.63) is 17.0 Å². The zero-order chi connectivity index (χ0) is 15.8. The number of nitrogens with zero attached hydrogens (tertiary/aromatic N) is 2. The molecule has 0 aliphatic rings. The Morgan fingerprint density at radius 3 is 2.05 bits per heavy atom. The van der Waals surface area contributed by atoms with Crippen molar-refractivity contribution >= 4 is 23.7 Å². The van der Waals surface area contributed by atoms with Gasteiger partial charge in [-0.3, -0.25) is 0 Å². The molecule has 1 heterocycles. The first-order valence-electron chi connectivity index (χ1n) is 5.57. The van der Waals surface area contributed by atoms with Gasteiger partial charge in [-0.05, 0) is 11.8 Å². The van der Waals surface area contributed by atoms with Gasteiger partial charge in [0.2, 0.25) is 11.8 Å². The molecule has 0 N–H and O–H groups in total. The average Bonchev–Trinajstić information content (AvgIpc) is 2.52. The molecule has 0 aliphatic heterocycles. The predicted molar refractivity (Wildman–Crippen MR) is 73.1 cm³/mol. The maximum absolute atomic E-state index is 11.6. The third-order valence-electron chi connectivity index (χ3n) is 2.11. The summed E-state index contributed by atoms with van der Waals surface area (Å²) < 4.78 is 19.1. The second-order valence-electron chi connectivity index (χ2n) is 3.36. The van der Waals surface area contributed by atoms with Crippen LogP contribution in [0.5, 0.6) is 11.8 Å². The van der Waals surface area contributed by atoms with Gasteiger partial charge in [0.05, 0.1) is 34.5 Å². The summed E-state index contributed by atoms with van der Waals surface area (Å²) in [5, 5.41) is 0.159. The van der Waals surface area contributed by atoms with Crippen LogP contribution in [0.25, 0.3) is 0 Å². The highest BCUT2D eigenvalue weighted by Crippen LogP contribution is 2.28. The lowest BCUT2D eigenvalue weighted by atomic mass is 10.5. The summed E-state index contributed by atoms with van der Waals surface area (Å²) in [5.41, 5.74) is 0. The van der Waals surface area contributed by atoms with Crippen LogP contribution in [-0.4, -0.2) is 50.3 Å². The molecule has 0 radical (unpaired) electrons. The molecule has 0 amide bonds. The first-order chi connectivity index (χ1) is 10.0. The second kappa shape index (κ2) is 8.10. The molecule has 0 aromatic carbocycles. The number of esters is 2. The highest BCUT2D eigenvalue weighted by molar-refractivity contribution is 8.03. The van der Waals surface area contributed by atoms with E-state index in [2.05, 4.69) is 19.4 Å². The number of ether oxygens (including phenoxy) is 4. The van der Waals surface area contributed by atoms with Crippen molar-refractivity contribution in [1.82, 2.24) is 9.97 Å². The third kappa shape index (κ3) is 4.95. The van der Waals surface area contributed by atoms with Crippen molar-refractivity contribution in [3.8, 4) is 11.8 Å². The van der Waals surface area contributed by atoms with Gasteiger partial charge in [-0.2, -0.15) is 9.97 Å². The van der Waals surface area contributed by atoms with E-state index in [1.165, 1.54) is 34.5 Å². The van der Waals surface area contributed by atoms with Crippen molar-refractivity contribution in [2.75, 3.05) is 28.4 Å². The number of hydrogen-bond acceptors (Lipinski definition) is 9. The molecule has 21 heavy (non-hydrogen) atoms. The molecule has 1 rings (SSSR count). The lowest BCUT2D eigenvalue weighted by Gasteiger charge is -2.07. The van der Waals surface area contributed by atoms with E-state index in [-0.39, 0.29) is 21.8 Å². The van der Waals surface area contributed by atoms with Gasteiger partial charge in [-0.1, -0.05) is 0 Å². The molecular weight excluding hydrogens is 300 g/mol. The topological polar surface area (TPSA) is 96.8 Å². The van der Waals surface area contributed by atoms with E-state index in [0.717, 1.165) is 17.8 Å². The van der Waals surface area contributed by atoms with Crippen LogP contribution in [0.2, 0.25) is 0 Å². The van der Waals surface area contributed by atoms with Crippen molar-refractivity contribution in [2.45, 2.75) is 5.16 Å². The summed E-state index contributed by atoms with van der Waals surface area (Å²) in [6.45, 7) is 0. The number of methoxy groups -OCH3 is 4. The summed E-state index contributed by atoms with van der Waals surface area (Å²) in [4.78, 5) is 31.0. The van der Waals surface area contributed by atoms with Gasteiger partial charge in [0.25, 0.3) is 0 Å². The maximum Gasteiger partial charge on any atom is 0.345 e. The van der Waals surface area contributed by atoms with E-state index in [0.29, 0.717) is 0 Å². The SMILES string of the molecule is COC(=O)C=C(Sc1nc(OC)cc(OC)n1)C(=O)OC. The molecule has 1 aromatic heterocycles. The quantitative estimate of drug-likeness (QED) is 0.327. The number of carbonyl (C=O) groups is 2. The van der Waals surface area contributed by atoms with Crippen LogP contribution in [0, 0.1) is 0 Å². The van der Waals surface area contributed by atoms with Crippen molar-refractivity contribution in [2.24, 2.45) is 0 Å². The zero-order valence-electron chi connectivity index (χ0n) is 11.9. The molecule has 0 saturated heterocycles. The van der Waals surface area contributed by atoms with Crippen LogP contribution >= 0.6 is 11.8 Å². The summed E-state index contributed by atoms with van der Waals surface area (Å²) in [7, 11) is 5.26. The first kappa shape index (κ1) is 16.8. The molecule has 8 nitrogen and oxygen atoms in total. The van der Waals surface area contributed by atoms with E-state index in [1.54, 1.807) is 0 Å². The number of rotatable bonds is 6. The molecule has 114 valence electrons. The third-order valence-corrected chi connectivity index (χ3v) is 2.98. The van der Waals surface area contributed by atoms with Crippen LogP contribution in [0.1, 0.15) is 0 Å². The van der Waals surface area contributed by atoms with Gasteiger partial charge >= 0.3 is 11.9 Å². The fraction of sp³-hybridized carbons (Fsp3) is 0.333. The highest BCUT2D eigenvalue weighted by Gasteiger charge is 2.17. The van der Waals surface area contributed by atoms with Gasteiger partial charge in [-0.15, -0.1) is 0 Å². The molecule has 0 aliphatic carbocycles. The Balaban J connectivity index is 3.11. The molecule has 0 unspecified atom stereocenters. The van der Waals surface area contributed by atoms with Crippen LogP contribution in [0.3, 0.4) is 0 Å². The monoisotopic (exact) mass is 314 g/mol. The van der Waals surface area contributed by atoms with E-state index in [9.17, 15) is 9.59 Å². The molecule has 1 aromatic rings. The minimum Gasteiger partial charge on any atom is -0.481 e. The molecule has 0 saturated carbocycles. The second-order valence-corrected chi connectivity index (χ2v) is 4.37. The smallest absolute Gasteiger partial charge is 0.345 e. The fourth-order valence-corrected chi connectivity index (χ4v) is 1.92. The van der Waals surface area contributed by atoms with Crippen molar-refractivity contribution in [3.63, 3.8) is 0 Å². The van der Waals surface area contributed by atoms with E-state index in [1.807, 2.05) is 0 Å². The Labute approximate surface area is 125 Å². The summed E-state index contributed by atoms with van der Waals surface area (Å²) >= 11 is 0.828. The normalized spacial score (nSPS) is 10.8. The Hall–Kier alpha value is -2.29. The fourth-order valence-electron chi connectivity index (χ4n) is 1.13. The molecular formula is C12H14N2O6S. The Bertz CT molecular complexity index is 538. The molecule has 0 fully saturated rings. The van der Waals surface area contributed by atoms with Gasteiger partial charge < -0.3 is 18.9 Å². The van der Waals surface area contributed by atoms with E-state index < -0.39 is 11.9 Å². The van der Waals surface area contributed by atoms with Crippen LogP contribution in [0.4, 0.5) is 0 Å². The standard InChI is InChI=1S/C12H14N2O6S/c1-17-8-6-9(18-2)14-12(13-8)21-7(11(16)20-4)5-10(15)19-3/h5-6H,1-4H3. The summed E-state index contributed by atoms with van der Waals surface area (Å²) in [6.07, 6.45) is 0.992.